The number of hydrogen-bond acceptors (Lipinski definition) is 2. The molecule has 0 aliphatic rings. The fourth-order valence-electron chi connectivity index (χ4n) is 0.867. The molecule has 0 bridgehead atoms. The summed E-state index contributed by atoms with van der Waals surface area (Å²) in [7, 11) is 0. The summed E-state index contributed by atoms with van der Waals surface area (Å²) in [4.78, 5) is 4.10. The third kappa shape index (κ3) is 3.34. The molecule has 2 N–H and O–H groups in total. The van der Waals surface area contributed by atoms with Gasteiger partial charge in [0.05, 0.1) is 5.69 Å². The van der Waals surface area contributed by atoms with Crippen molar-refractivity contribution in [3.63, 3.8) is 0 Å². The minimum absolute atomic E-state index is 0.483. The molecular weight excluding hydrogens is 240 g/mol. The van der Waals surface area contributed by atoms with Gasteiger partial charge >= 0.3 is 0 Å². The van der Waals surface area contributed by atoms with Crippen molar-refractivity contribution >= 4 is 32.3 Å². The van der Waals surface area contributed by atoms with Crippen molar-refractivity contribution in [1.82, 2.24) is 4.98 Å². The van der Waals surface area contributed by atoms with Crippen LogP contribution in [0, 0.1) is 0 Å². The molecule has 0 fully saturated rings. The average molecular weight is 255 g/mol. The molecule has 0 aromatic carbocycles. The lowest BCUT2D eigenvalue weighted by atomic mass is 10.2. The van der Waals surface area contributed by atoms with Crippen molar-refractivity contribution in [2.24, 2.45) is 0 Å². The number of pyridine rings is 1. The van der Waals surface area contributed by atoms with E-state index in [4.69, 9.17) is 5.73 Å². The summed E-state index contributed by atoms with van der Waals surface area (Å²) in [6.45, 7) is 11.4. The van der Waals surface area contributed by atoms with Gasteiger partial charge in [-0.1, -0.05) is 33.1 Å². The number of anilines is 1. The van der Waals surface area contributed by atoms with Crippen molar-refractivity contribution in [3.05, 3.63) is 36.5 Å². The van der Waals surface area contributed by atoms with E-state index in [2.05, 4.69) is 34.1 Å². The Kier molecular flexibility index (Phi) is 5.88. The van der Waals surface area contributed by atoms with Crippen LogP contribution in [0.2, 0.25) is 0 Å². The van der Waals surface area contributed by atoms with E-state index in [0.717, 1.165) is 11.3 Å². The summed E-state index contributed by atoms with van der Waals surface area (Å²) >= 11 is 3.25. The molecule has 2 nitrogen and oxygen atoms in total. The number of aromatic nitrogens is 1. The molecule has 0 saturated heterocycles. The lowest BCUT2D eigenvalue weighted by Gasteiger charge is -2.03. The van der Waals surface area contributed by atoms with Crippen LogP contribution >= 0.6 is 15.9 Å². The van der Waals surface area contributed by atoms with Crippen molar-refractivity contribution in [1.29, 1.82) is 0 Å². The van der Waals surface area contributed by atoms with Crippen LogP contribution in [0.15, 0.2) is 25.3 Å². The molecule has 0 unspecified atom stereocenters. The molecule has 1 rings (SSSR count). The first-order chi connectivity index (χ1) is 6.65. The van der Waals surface area contributed by atoms with Crippen LogP contribution in [-0.4, -0.2) is 4.98 Å². The second-order valence-electron chi connectivity index (χ2n) is 2.28. The van der Waals surface area contributed by atoms with Crippen molar-refractivity contribution < 1.29 is 0 Å². The first-order valence-corrected chi connectivity index (χ1v) is 5.18. The van der Waals surface area contributed by atoms with Gasteiger partial charge in [0.2, 0.25) is 0 Å². The van der Waals surface area contributed by atoms with E-state index in [9.17, 15) is 0 Å². The SMILES string of the molecule is C=Cc1ccc(N)nc1C(=C)Br.CC. The Morgan fingerprint density at radius 2 is 2.07 bits per heavy atom. The van der Waals surface area contributed by atoms with Gasteiger partial charge in [0.1, 0.15) is 5.82 Å². The lowest BCUT2D eigenvalue weighted by Crippen LogP contribution is -1.95. The van der Waals surface area contributed by atoms with Crippen LogP contribution in [0.25, 0.3) is 10.6 Å². The van der Waals surface area contributed by atoms with Gasteiger partial charge in [-0.2, -0.15) is 0 Å². The third-order valence-electron chi connectivity index (χ3n) is 1.42. The number of nitrogens with zero attached hydrogens (tertiary/aromatic N) is 1. The molecular formula is C11H15BrN2. The monoisotopic (exact) mass is 254 g/mol. The predicted octanol–water partition coefficient (Wildman–Crippen LogP) is 3.70. The van der Waals surface area contributed by atoms with Gasteiger partial charge in [0.15, 0.2) is 0 Å². The molecule has 14 heavy (non-hydrogen) atoms. The molecule has 0 radical (unpaired) electrons. The molecule has 0 spiro atoms. The number of hydrogen-bond donors (Lipinski definition) is 1. The van der Waals surface area contributed by atoms with Gasteiger partial charge in [-0.3, -0.25) is 0 Å². The van der Waals surface area contributed by atoms with Crippen LogP contribution in [0.5, 0.6) is 0 Å². The normalized spacial score (nSPS) is 8.50. The lowest BCUT2D eigenvalue weighted by molar-refractivity contribution is 1.29. The zero-order chi connectivity index (χ0) is 11.1. The highest BCUT2D eigenvalue weighted by molar-refractivity contribution is 9.15. The van der Waals surface area contributed by atoms with Crippen molar-refractivity contribution in [3.8, 4) is 0 Å². The molecule has 0 aliphatic carbocycles. The van der Waals surface area contributed by atoms with E-state index < -0.39 is 0 Å². The first kappa shape index (κ1) is 12.9. The maximum Gasteiger partial charge on any atom is 0.124 e. The van der Waals surface area contributed by atoms with E-state index >= 15 is 0 Å². The number of rotatable bonds is 2. The summed E-state index contributed by atoms with van der Waals surface area (Å²) in [5.74, 6) is 0.483. The minimum atomic E-state index is 0.483. The Labute approximate surface area is 93.7 Å². The minimum Gasteiger partial charge on any atom is -0.384 e. The summed E-state index contributed by atoms with van der Waals surface area (Å²) < 4.78 is 0.713. The van der Waals surface area contributed by atoms with E-state index in [0.29, 0.717) is 10.3 Å². The van der Waals surface area contributed by atoms with Crippen LogP contribution in [0.3, 0.4) is 0 Å². The van der Waals surface area contributed by atoms with Gasteiger partial charge < -0.3 is 5.73 Å². The van der Waals surface area contributed by atoms with Crippen molar-refractivity contribution in [2.75, 3.05) is 5.73 Å². The Morgan fingerprint density at radius 3 is 2.50 bits per heavy atom. The van der Waals surface area contributed by atoms with Gasteiger partial charge in [-0.25, -0.2) is 4.98 Å². The summed E-state index contributed by atoms with van der Waals surface area (Å²) in [6.07, 6.45) is 1.72. The number of nitrogens with two attached hydrogens (primary N) is 1. The molecule has 0 saturated carbocycles. The molecule has 1 aromatic rings. The second kappa shape index (κ2) is 6.38. The highest BCUT2D eigenvalue weighted by Crippen LogP contribution is 2.22. The van der Waals surface area contributed by atoms with E-state index in [-0.39, 0.29) is 0 Å². The van der Waals surface area contributed by atoms with Gasteiger partial charge in [0.25, 0.3) is 0 Å². The number of nitrogen functional groups attached to an aromatic ring is 1. The van der Waals surface area contributed by atoms with Gasteiger partial charge in [-0.05, 0) is 28.1 Å². The van der Waals surface area contributed by atoms with Gasteiger partial charge in [-0.15, -0.1) is 0 Å². The Morgan fingerprint density at radius 1 is 1.50 bits per heavy atom. The molecule has 1 heterocycles. The zero-order valence-corrected chi connectivity index (χ0v) is 10.1. The topological polar surface area (TPSA) is 38.9 Å². The predicted molar refractivity (Wildman–Crippen MR) is 68.0 cm³/mol. The molecule has 76 valence electrons. The Bertz CT molecular complexity index is 332. The third-order valence-corrected chi connectivity index (χ3v) is 1.80. The standard InChI is InChI=1S/C9H9BrN2.C2H6/c1-3-7-4-5-8(11)12-9(7)6(2)10;1-2/h3-5H,1-2H2,(H2,11,12);1-2H3. The molecule has 3 heteroatoms. The summed E-state index contributed by atoms with van der Waals surface area (Å²) in [5, 5.41) is 0. The highest BCUT2D eigenvalue weighted by atomic mass is 79.9. The maximum absolute atomic E-state index is 5.51. The van der Waals surface area contributed by atoms with Crippen LogP contribution in [0.4, 0.5) is 5.82 Å². The second-order valence-corrected chi connectivity index (χ2v) is 3.24. The fraction of sp³-hybridized carbons (Fsp3) is 0.182. The zero-order valence-electron chi connectivity index (χ0n) is 8.55. The van der Waals surface area contributed by atoms with E-state index in [1.807, 2.05) is 19.9 Å². The molecule has 0 aliphatic heterocycles. The summed E-state index contributed by atoms with van der Waals surface area (Å²) in [6, 6.07) is 3.59. The number of halogens is 1. The quantitative estimate of drug-likeness (QED) is 0.875. The largest absolute Gasteiger partial charge is 0.384 e. The first-order valence-electron chi connectivity index (χ1n) is 4.39. The van der Waals surface area contributed by atoms with Gasteiger partial charge in [0, 0.05) is 10.0 Å². The maximum atomic E-state index is 5.51. The van der Waals surface area contributed by atoms with Crippen LogP contribution < -0.4 is 5.73 Å². The smallest absolute Gasteiger partial charge is 0.124 e. The highest BCUT2D eigenvalue weighted by Gasteiger charge is 2.02. The Balaban J connectivity index is 0.000000791. The molecule has 1 aromatic heterocycles. The Hall–Kier alpha value is -1.09. The summed E-state index contributed by atoms with van der Waals surface area (Å²) in [5.41, 5.74) is 7.18. The molecule has 0 amide bonds. The van der Waals surface area contributed by atoms with Crippen molar-refractivity contribution in [2.45, 2.75) is 13.8 Å². The fourth-order valence-corrected chi connectivity index (χ4v) is 1.18. The van der Waals surface area contributed by atoms with E-state index in [1.165, 1.54) is 0 Å². The van der Waals surface area contributed by atoms with Crippen LogP contribution in [0.1, 0.15) is 25.1 Å². The van der Waals surface area contributed by atoms with Crippen LogP contribution in [-0.2, 0) is 0 Å². The molecule has 0 atom stereocenters. The average Bonchev–Trinajstić information content (AvgIpc) is 2.20. The van der Waals surface area contributed by atoms with E-state index in [1.54, 1.807) is 12.1 Å².